The van der Waals surface area contributed by atoms with Crippen molar-refractivity contribution in [1.29, 1.82) is 0 Å². The highest BCUT2D eigenvalue weighted by atomic mass is 16.4. The van der Waals surface area contributed by atoms with Crippen molar-refractivity contribution in [1.82, 2.24) is 10.6 Å². The van der Waals surface area contributed by atoms with E-state index in [2.05, 4.69) is 10.6 Å². The van der Waals surface area contributed by atoms with Crippen LogP contribution in [0.5, 0.6) is 0 Å². The summed E-state index contributed by atoms with van der Waals surface area (Å²) < 4.78 is 0. The summed E-state index contributed by atoms with van der Waals surface area (Å²) in [7, 11) is 0. The predicted octanol–water partition coefficient (Wildman–Crippen LogP) is 2.52. The van der Waals surface area contributed by atoms with Crippen LogP contribution in [0.1, 0.15) is 54.9 Å². The monoisotopic (exact) mass is 334 g/mol. The van der Waals surface area contributed by atoms with Crippen LogP contribution in [0.25, 0.3) is 0 Å². The minimum Gasteiger partial charge on any atom is -0.478 e. The maximum atomic E-state index is 12.2. The predicted molar refractivity (Wildman–Crippen MR) is 90.8 cm³/mol. The second-order valence-corrected chi connectivity index (χ2v) is 6.72. The first-order chi connectivity index (χ1) is 11.4. The molecule has 6 nitrogen and oxygen atoms in total. The average molecular weight is 334 g/mol. The number of carbonyl (C=O) groups excluding carboxylic acids is 1. The highest BCUT2D eigenvalue weighted by Gasteiger charge is 2.35. The lowest BCUT2D eigenvalue weighted by Crippen LogP contribution is -2.57. The Balaban J connectivity index is 1.88. The topological polar surface area (TPSA) is 98.7 Å². The van der Waals surface area contributed by atoms with Gasteiger partial charge in [0, 0.05) is 6.54 Å². The summed E-state index contributed by atoms with van der Waals surface area (Å²) in [6.45, 7) is 2.11. The fourth-order valence-electron chi connectivity index (χ4n) is 3.26. The van der Waals surface area contributed by atoms with Crippen LogP contribution >= 0.6 is 0 Å². The number of carboxylic acids is 1. The molecule has 1 atom stereocenters. The molecule has 1 aromatic rings. The quantitative estimate of drug-likeness (QED) is 0.642. The van der Waals surface area contributed by atoms with Crippen LogP contribution in [-0.2, 0) is 6.54 Å². The van der Waals surface area contributed by atoms with Gasteiger partial charge in [-0.05, 0) is 43.4 Å². The lowest BCUT2D eigenvalue weighted by Gasteiger charge is -2.39. The van der Waals surface area contributed by atoms with Crippen molar-refractivity contribution in [3.05, 3.63) is 35.4 Å². The summed E-state index contributed by atoms with van der Waals surface area (Å²) in [4.78, 5) is 23.0. The van der Waals surface area contributed by atoms with Crippen molar-refractivity contribution < 1.29 is 19.8 Å². The number of aliphatic hydroxyl groups is 1. The number of hydrogen-bond donors (Lipinski definition) is 4. The number of nitrogens with one attached hydrogen (secondary N) is 2. The van der Waals surface area contributed by atoms with Crippen molar-refractivity contribution in [2.24, 2.45) is 5.92 Å². The third-order valence-corrected chi connectivity index (χ3v) is 4.89. The van der Waals surface area contributed by atoms with Gasteiger partial charge in [0.25, 0.3) is 0 Å². The summed E-state index contributed by atoms with van der Waals surface area (Å²) in [5.41, 5.74) is 0.421. The Morgan fingerprint density at radius 2 is 1.79 bits per heavy atom. The maximum absolute atomic E-state index is 12.2. The number of aromatic carboxylic acids is 1. The van der Waals surface area contributed by atoms with Crippen LogP contribution in [-0.4, -0.2) is 34.4 Å². The Morgan fingerprint density at radius 1 is 1.17 bits per heavy atom. The molecule has 1 aliphatic rings. The van der Waals surface area contributed by atoms with Gasteiger partial charge < -0.3 is 20.8 Å². The van der Waals surface area contributed by atoms with E-state index in [1.54, 1.807) is 12.1 Å². The van der Waals surface area contributed by atoms with E-state index in [0.717, 1.165) is 31.2 Å². The Kier molecular flexibility index (Phi) is 6.20. The van der Waals surface area contributed by atoms with E-state index in [4.69, 9.17) is 5.11 Å². The highest BCUT2D eigenvalue weighted by Crippen LogP contribution is 2.32. The molecule has 2 rings (SSSR count). The molecule has 0 heterocycles. The van der Waals surface area contributed by atoms with E-state index in [1.807, 2.05) is 6.92 Å². The van der Waals surface area contributed by atoms with Gasteiger partial charge in [0.1, 0.15) is 0 Å². The fraction of sp³-hybridized carbons (Fsp3) is 0.556. The van der Waals surface area contributed by atoms with Crippen molar-refractivity contribution in [2.75, 3.05) is 6.61 Å². The molecular weight excluding hydrogens is 308 g/mol. The number of urea groups is 1. The van der Waals surface area contributed by atoms with Crippen LogP contribution in [0.4, 0.5) is 4.79 Å². The average Bonchev–Trinajstić information content (AvgIpc) is 2.61. The van der Waals surface area contributed by atoms with Gasteiger partial charge in [-0.1, -0.05) is 31.4 Å². The molecule has 1 saturated carbocycles. The molecule has 0 bridgehead atoms. The minimum atomic E-state index is -0.974. The molecule has 4 N–H and O–H groups in total. The summed E-state index contributed by atoms with van der Waals surface area (Å²) >= 11 is 0. The first-order valence-corrected chi connectivity index (χ1v) is 8.44. The molecule has 1 fully saturated rings. The third-order valence-electron chi connectivity index (χ3n) is 4.89. The van der Waals surface area contributed by atoms with Crippen molar-refractivity contribution in [2.45, 2.75) is 51.1 Å². The molecule has 0 saturated heterocycles. The van der Waals surface area contributed by atoms with E-state index in [9.17, 15) is 14.7 Å². The SMILES string of the molecule is CC(CO)(NC(=O)NCc1ccc(C(=O)O)cc1)C1CCCCC1. The van der Waals surface area contributed by atoms with Gasteiger partial charge in [-0.2, -0.15) is 0 Å². The van der Waals surface area contributed by atoms with Gasteiger partial charge in [0.2, 0.25) is 0 Å². The zero-order chi connectivity index (χ0) is 17.6. The molecule has 0 aromatic heterocycles. The van der Waals surface area contributed by atoms with Gasteiger partial charge in [0.15, 0.2) is 0 Å². The van der Waals surface area contributed by atoms with Gasteiger partial charge in [0.05, 0.1) is 17.7 Å². The Labute approximate surface area is 142 Å². The molecule has 1 aromatic carbocycles. The molecule has 2 amide bonds. The standard InChI is InChI=1S/C18H26N2O4/c1-18(12-21,15-5-3-2-4-6-15)20-17(24)19-11-13-7-9-14(10-8-13)16(22)23/h7-10,15,21H,2-6,11-12H2,1H3,(H,22,23)(H2,19,20,24). The number of carboxylic acid groups (broad SMARTS) is 1. The number of hydrogen-bond acceptors (Lipinski definition) is 3. The smallest absolute Gasteiger partial charge is 0.335 e. The summed E-state index contributed by atoms with van der Waals surface area (Å²) in [6.07, 6.45) is 5.54. The second-order valence-electron chi connectivity index (χ2n) is 6.72. The molecule has 0 radical (unpaired) electrons. The molecule has 0 aliphatic heterocycles. The van der Waals surface area contributed by atoms with Crippen LogP contribution < -0.4 is 10.6 Å². The number of benzene rings is 1. The number of aliphatic hydroxyl groups excluding tert-OH is 1. The normalized spacial score (nSPS) is 17.8. The largest absolute Gasteiger partial charge is 0.478 e. The molecule has 24 heavy (non-hydrogen) atoms. The Bertz CT molecular complexity index is 567. The zero-order valence-corrected chi connectivity index (χ0v) is 14.0. The molecule has 1 unspecified atom stereocenters. The molecule has 6 heteroatoms. The van der Waals surface area contributed by atoms with E-state index in [0.29, 0.717) is 6.54 Å². The highest BCUT2D eigenvalue weighted by molar-refractivity contribution is 5.87. The number of amides is 2. The van der Waals surface area contributed by atoms with Crippen LogP contribution in [0.15, 0.2) is 24.3 Å². The fourth-order valence-corrected chi connectivity index (χ4v) is 3.26. The van der Waals surface area contributed by atoms with Gasteiger partial charge in [-0.15, -0.1) is 0 Å². The van der Waals surface area contributed by atoms with Gasteiger partial charge >= 0.3 is 12.0 Å². The second kappa shape index (κ2) is 8.15. The van der Waals surface area contributed by atoms with E-state index >= 15 is 0 Å². The van der Waals surface area contributed by atoms with Crippen molar-refractivity contribution in [3.63, 3.8) is 0 Å². The zero-order valence-electron chi connectivity index (χ0n) is 14.0. The van der Waals surface area contributed by atoms with Crippen LogP contribution in [0, 0.1) is 5.92 Å². The minimum absolute atomic E-state index is 0.0849. The lowest BCUT2D eigenvalue weighted by molar-refractivity contribution is 0.0697. The maximum Gasteiger partial charge on any atom is 0.335 e. The van der Waals surface area contributed by atoms with E-state index in [-0.39, 0.29) is 24.1 Å². The lowest BCUT2D eigenvalue weighted by atomic mass is 9.76. The molecule has 1 aliphatic carbocycles. The van der Waals surface area contributed by atoms with Gasteiger partial charge in [-0.25, -0.2) is 9.59 Å². The van der Waals surface area contributed by atoms with Crippen molar-refractivity contribution >= 4 is 12.0 Å². The third kappa shape index (κ3) is 4.71. The molecule has 0 spiro atoms. The first-order valence-electron chi connectivity index (χ1n) is 8.44. The van der Waals surface area contributed by atoms with Crippen LogP contribution in [0.3, 0.4) is 0 Å². The summed E-state index contributed by atoms with van der Waals surface area (Å²) in [5.74, 6) is -0.685. The molecular formula is C18H26N2O4. The van der Waals surface area contributed by atoms with Crippen LogP contribution in [0.2, 0.25) is 0 Å². The Morgan fingerprint density at radius 3 is 2.33 bits per heavy atom. The summed E-state index contributed by atoms with van der Waals surface area (Å²) in [5, 5.41) is 24.3. The van der Waals surface area contributed by atoms with E-state index < -0.39 is 11.5 Å². The number of rotatable bonds is 6. The molecule has 132 valence electrons. The van der Waals surface area contributed by atoms with E-state index in [1.165, 1.54) is 18.6 Å². The number of carbonyl (C=O) groups is 2. The summed E-state index contributed by atoms with van der Waals surface area (Å²) in [6, 6.07) is 6.06. The first kappa shape index (κ1) is 18.3. The van der Waals surface area contributed by atoms with Gasteiger partial charge in [-0.3, -0.25) is 0 Å². The Hall–Kier alpha value is -2.08. The van der Waals surface area contributed by atoms with Crippen molar-refractivity contribution in [3.8, 4) is 0 Å².